The highest BCUT2D eigenvalue weighted by atomic mass is 32.2. The van der Waals surface area contributed by atoms with Crippen molar-refractivity contribution in [2.24, 2.45) is 5.73 Å². The zero-order valence-electron chi connectivity index (χ0n) is 14.7. The van der Waals surface area contributed by atoms with Crippen molar-refractivity contribution in [3.8, 4) is 12.1 Å². The molecule has 5 nitrogen and oxygen atoms in total. The van der Waals surface area contributed by atoms with Crippen LogP contribution in [0, 0.1) is 22.7 Å². The van der Waals surface area contributed by atoms with Crippen LogP contribution < -0.4 is 5.73 Å². The Kier molecular flexibility index (Phi) is 4.49. The Labute approximate surface area is 166 Å². The Morgan fingerprint density at radius 2 is 1.64 bits per heavy atom. The molecule has 2 aliphatic heterocycles. The van der Waals surface area contributed by atoms with Crippen molar-refractivity contribution in [3.05, 3.63) is 93.7 Å². The average molecular weight is 382 g/mol. The Balaban J connectivity index is 1.88. The van der Waals surface area contributed by atoms with Gasteiger partial charge in [-0.2, -0.15) is 10.5 Å². The molecule has 0 unspecified atom stereocenters. The zero-order chi connectivity index (χ0) is 19.7. The van der Waals surface area contributed by atoms with Gasteiger partial charge in [0.1, 0.15) is 22.8 Å². The summed E-state index contributed by atoms with van der Waals surface area (Å²) in [4.78, 5) is 14.8. The van der Waals surface area contributed by atoms with Crippen LogP contribution in [0.4, 0.5) is 0 Å². The van der Waals surface area contributed by atoms with Crippen molar-refractivity contribution >= 4 is 29.3 Å². The van der Waals surface area contributed by atoms with Gasteiger partial charge in [0.2, 0.25) is 0 Å². The molecule has 4 rings (SSSR count). The van der Waals surface area contributed by atoms with Crippen LogP contribution >= 0.6 is 11.8 Å². The summed E-state index contributed by atoms with van der Waals surface area (Å²) in [5, 5.41) is 19.0. The van der Waals surface area contributed by atoms with Crippen molar-refractivity contribution < 1.29 is 4.79 Å². The normalized spacial score (nSPS) is 20.2. The van der Waals surface area contributed by atoms with Gasteiger partial charge in [0, 0.05) is 5.57 Å². The first kappa shape index (κ1) is 17.7. The van der Waals surface area contributed by atoms with E-state index in [0.717, 1.165) is 11.1 Å². The van der Waals surface area contributed by atoms with Crippen LogP contribution in [-0.2, 0) is 4.79 Å². The third kappa shape index (κ3) is 2.77. The predicted molar refractivity (Wildman–Crippen MR) is 108 cm³/mol. The van der Waals surface area contributed by atoms with Crippen LogP contribution in [0.25, 0.3) is 11.6 Å². The molecule has 28 heavy (non-hydrogen) atoms. The van der Waals surface area contributed by atoms with Crippen LogP contribution in [0.2, 0.25) is 0 Å². The lowest BCUT2D eigenvalue weighted by Crippen LogP contribution is -2.40. The van der Waals surface area contributed by atoms with Gasteiger partial charge in [0.05, 0.1) is 16.5 Å². The number of amides is 1. The number of fused-ring (bicyclic) bond motifs is 1. The predicted octanol–water partition coefficient (Wildman–Crippen LogP) is 3.61. The molecule has 0 saturated carbocycles. The molecular weight excluding hydrogens is 368 g/mol. The maximum absolute atomic E-state index is 13.0. The maximum Gasteiger partial charge on any atom is 0.267 e. The highest BCUT2D eigenvalue weighted by molar-refractivity contribution is 8.05. The second kappa shape index (κ2) is 7.11. The Bertz CT molecular complexity index is 1130. The molecule has 0 radical (unpaired) electrons. The standard InChI is InChI=1S/C22H14N4OS/c23-12-16-19(15-9-5-2-6-10-15)17(13-24)22-26(20(16)25)21(27)18(28-22)11-14-7-3-1-4-8-14/h1-11,22H,25H2/b18-11+/t22-/m1/s1. The number of allylic oxidation sites excluding steroid dienone is 2. The topological polar surface area (TPSA) is 93.9 Å². The quantitative estimate of drug-likeness (QED) is 0.801. The summed E-state index contributed by atoms with van der Waals surface area (Å²) in [6.45, 7) is 0. The lowest BCUT2D eigenvalue weighted by atomic mass is 9.90. The fourth-order valence-corrected chi connectivity index (χ4v) is 4.55. The van der Waals surface area contributed by atoms with Crippen molar-refractivity contribution in [3.63, 3.8) is 0 Å². The van der Waals surface area contributed by atoms with Gasteiger partial charge in [-0.15, -0.1) is 0 Å². The van der Waals surface area contributed by atoms with Gasteiger partial charge in [0.25, 0.3) is 5.91 Å². The molecule has 0 bridgehead atoms. The van der Waals surface area contributed by atoms with E-state index in [1.807, 2.05) is 60.7 Å². The van der Waals surface area contributed by atoms with E-state index in [1.165, 1.54) is 16.7 Å². The number of rotatable bonds is 2. The lowest BCUT2D eigenvalue weighted by molar-refractivity contribution is -0.124. The SMILES string of the molecule is N#CC1=C(N)N2C(=O)/C(=C\c3ccccc3)S[C@@H]2C(C#N)=C1c1ccccc1. The molecule has 2 aromatic carbocycles. The van der Waals surface area contributed by atoms with Crippen LogP contribution in [0.3, 0.4) is 0 Å². The van der Waals surface area contributed by atoms with Gasteiger partial charge in [-0.1, -0.05) is 72.4 Å². The van der Waals surface area contributed by atoms with Gasteiger partial charge in [-0.3, -0.25) is 9.69 Å². The summed E-state index contributed by atoms with van der Waals surface area (Å²) in [7, 11) is 0. The molecule has 2 N–H and O–H groups in total. The fourth-order valence-electron chi connectivity index (χ4n) is 3.30. The molecule has 1 amide bonds. The molecule has 2 aliphatic rings. The minimum Gasteiger partial charge on any atom is -0.384 e. The van der Waals surface area contributed by atoms with Gasteiger partial charge < -0.3 is 5.73 Å². The summed E-state index contributed by atoms with van der Waals surface area (Å²) < 4.78 is 0. The van der Waals surface area contributed by atoms with E-state index in [1.54, 1.807) is 6.08 Å². The van der Waals surface area contributed by atoms with Gasteiger partial charge >= 0.3 is 0 Å². The number of carbonyl (C=O) groups excluding carboxylic acids is 1. The molecule has 0 aliphatic carbocycles. The minimum absolute atomic E-state index is 0.0827. The summed E-state index contributed by atoms with van der Waals surface area (Å²) in [6, 6.07) is 23.0. The number of carbonyl (C=O) groups is 1. The lowest BCUT2D eigenvalue weighted by Gasteiger charge is -2.30. The second-order valence-corrected chi connectivity index (χ2v) is 7.33. The van der Waals surface area contributed by atoms with Crippen LogP contribution in [0.5, 0.6) is 0 Å². The largest absolute Gasteiger partial charge is 0.384 e. The summed E-state index contributed by atoms with van der Waals surface area (Å²) in [5.41, 5.74) is 8.85. The number of benzene rings is 2. The van der Waals surface area contributed by atoms with Crippen molar-refractivity contribution in [2.75, 3.05) is 0 Å². The number of nitriles is 2. The Morgan fingerprint density at radius 3 is 2.25 bits per heavy atom. The van der Waals surface area contributed by atoms with Gasteiger partial charge in [0.15, 0.2) is 0 Å². The molecule has 1 fully saturated rings. The number of thioether (sulfide) groups is 1. The molecule has 6 heteroatoms. The first-order valence-corrected chi connectivity index (χ1v) is 9.40. The van der Waals surface area contributed by atoms with Crippen LogP contribution in [-0.4, -0.2) is 16.2 Å². The van der Waals surface area contributed by atoms with E-state index < -0.39 is 5.37 Å². The number of hydrogen-bond donors (Lipinski definition) is 1. The Morgan fingerprint density at radius 1 is 1.00 bits per heavy atom. The highest BCUT2D eigenvalue weighted by Crippen LogP contribution is 2.47. The molecule has 2 heterocycles. The number of hydrogen-bond acceptors (Lipinski definition) is 5. The van der Waals surface area contributed by atoms with E-state index in [4.69, 9.17) is 5.73 Å². The number of nitrogens with two attached hydrogens (primary N) is 1. The van der Waals surface area contributed by atoms with Gasteiger partial charge in [-0.05, 0) is 17.2 Å². The second-order valence-electron chi connectivity index (χ2n) is 6.20. The summed E-state index contributed by atoms with van der Waals surface area (Å²) in [5.74, 6) is -0.219. The first-order valence-electron chi connectivity index (χ1n) is 8.52. The smallest absolute Gasteiger partial charge is 0.267 e. The third-order valence-corrected chi connectivity index (χ3v) is 5.79. The maximum atomic E-state index is 13.0. The molecule has 0 aromatic heterocycles. The molecule has 0 spiro atoms. The minimum atomic E-state index is -0.584. The van der Waals surface area contributed by atoms with Crippen molar-refractivity contribution in [2.45, 2.75) is 5.37 Å². The average Bonchev–Trinajstić information content (AvgIpc) is 3.05. The fraction of sp³-hybridized carbons (Fsp3) is 0.0455. The molecule has 134 valence electrons. The van der Waals surface area contributed by atoms with Crippen molar-refractivity contribution in [1.82, 2.24) is 4.90 Å². The highest BCUT2D eigenvalue weighted by Gasteiger charge is 2.45. The molecule has 1 saturated heterocycles. The monoisotopic (exact) mass is 382 g/mol. The summed E-state index contributed by atoms with van der Waals surface area (Å²) in [6.07, 6.45) is 1.78. The van der Waals surface area contributed by atoms with Crippen LogP contribution in [0.15, 0.2) is 82.5 Å². The van der Waals surface area contributed by atoms with E-state index in [-0.39, 0.29) is 17.3 Å². The molecule has 2 aromatic rings. The summed E-state index contributed by atoms with van der Waals surface area (Å²) >= 11 is 1.28. The third-order valence-electron chi connectivity index (χ3n) is 4.58. The molecular formula is C22H14N4OS. The van der Waals surface area contributed by atoms with Crippen molar-refractivity contribution in [1.29, 1.82) is 10.5 Å². The Hall–Kier alpha value is -3.74. The van der Waals surface area contributed by atoms with Crippen LogP contribution in [0.1, 0.15) is 11.1 Å². The molecule has 1 atom stereocenters. The zero-order valence-corrected chi connectivity index (χ0v) is 15.5. The van der Waals surface area contributed by atoms with E-state index in [0.29, 0.717) is 16.1 Å². The first-order chi connectivity index (χ1) is 13.7. The number of nitrogens with zero attached hydrogens (tertiary/aromatic N) is 3. The van der Waals surface area contributed by atoms with E-state index in [2.05, 4.69) is 12.1 Å². The van der Waals surface area contributed by atoms with E-state index in [9.17, 15) is 15.3 Å². The van der Waals surface area contributed by atoms with E-state index >= 15 is 0 Å². The van der Waals surface area contributed by atoms with Gasteiger partial charge in [-0.25, -0.2) is 0 Å².